The zero-order chi connectivity index (χ0) is 16.6. The first-order valence-electron chi connectivity index (χ1n) is 8.18. The average molecular weight is 312 g/mol. The van der Waals surface area contributed by atoms with Gasteiger partial charge in [0.2, 0.25) is 0 Å². The molecule has 2 aliphatic rings. The minimum atomic E-state index is -0.463. The molecule has 1 aromatic rings. The Kier molecular flexibility index (Phi) is 4.00. The molecule has 1 aliphatic heterocycles. The molecule has 0 atom stereocenters. The second kappa shape index (κ2) is 5.84. The van der Waals surface area contributed by atoms with Crippen LogP contribution in [0.2, 0.25) is 0 Å². The highest BCUT2D eigenvalue weighted by Crippen LogP contribution is 2.28. The van der Waals surface area contributed by atoms with Crippen molar-refractivity contribution < 1.29 is 9.53 Å². The van der Waals surface area contributed by atoms with E-state index in [2.05, 4.69) is 24.3 Å². The molecule has 0 spiro atoms. The minimum absolute atomic E-state index is 0.239. The van der Waals surface area contributed by atoms with Crippen molar-refractivity contribution in [2.45, 2.75) is 46.1 Å². The second-order valence-corrected chi connectivity index (χ2v) is 7.19. The van der Waals surface area contributed by atoms with Crippen molar-refractivity contribution in [3.8, 4) is 0 Å². The summed E-state index contributed by atoms with van der Waals surface area (Å²) in [6.07, 6.45) is 8.00. The van der Waals surface area contributed by atoms with Crippen LogP contribution in [0.3, 0.4) is 0 Å². The number of pyridine rings is 1. The number of nitrogens with zero attached hydrogens (tertiary/aromatic N) is 2. The van der Waals surface area contributed by atoms with Crippen molar-refractivity contribution in [3.63, 3.8) is 0 Å². The Bertz CT molecular complexity index is 696. The fraction of sp³-hybridized carbons (Fsp3) is 0.474. The summed E-state index contributed by atoms with van der Waals surface area (Å²) in [5, 5.41) is 0. The van der Waals surface area contributed by atoms with Crippen LogP contribution >= 0.6 is 0 Å². The third-order valence-electron chi connectivity index (χ3n) is 4.09. The maximum atomic E-state index is 12.3. The monoisotopic (exact) mass is 312 g/mol. The topological polar surface area (TPSA) is 42.4 Å². The molecule has 2 heterocycles. The third-order valence-corrected chi connectivity index (χ3v) is 4.09. The second-order valence-electron chi connectivity index (χ2n) is 7.19. The van der Waals surface area contributed by atoms with Gasteiger partial charge in [-0.15, -0.1) is 0 Å². The molecular formula is C19H24N2O2. The predicted octanol–water partition coefficient (Wildman–Crippen LogP) is 3.98. The number of rotatable bonds is 1. The normalized spacial score (nSPS) is 17.0. The molecule has 3 rings (SSSR count). The predicted molar refractivity (Wildman–Crippen MR) is 92.1 cm³/mol. The first kappa shape index (κ1) is 15.8. The molecule has 0 saturated heterocycles. The van der Waals surface area contributed by atoms with E-state index in [4.69, 9.17) is 9.72 Å². The molecule has 4 nitrogen and oxygen atoms in total. The van der Waals surface area contributed by atoms with Crippen LogP contribution in [-0.4, -0.2) is 34.7 Å². The van der Waals surface area contributed by atoms with Crippen LogP contribution in [0.1, 0.15) is 49.7 Å². The van der Waals surface area contributed by atoms with Crippen LogP contribution in [0.5, 0.6) is 0 Å². The number of aromatic nitrogens is 1. The summed E-state index contributed by atoms with van der Waals surface area (Å²) in [6, 6.07) is 2.22. The average Bonchev–Trinajstić information content (AvgIpc) is 2.92. The lowest BCUT2D eigenvalue weighted by molar-refractivity contribution is 0.0273. The van der Waals surface area contributed by atoms with Crippen LogP contribution in [0, 0.1) is 6.92 Å². The summed E-state index contributed by atoms with van der Waals surface area (Å²) >= 11 is 0. The highest BCUT2D eigenvalue weighted by molar-refractivity contribution is 5.77. The molecule has 122 valence electrons. The van der Waals surface area contributed by atoms with Crippen LogP contribution in [0.25, 0.3) is 11.6 Å². The smallest absolute Gasteiger partial charge is 0.410 e. The lowest BCUT2D eigenvalue weighted by atomic mass is 9.97. The van der Waals surface area contributed by atoms with Crippen molar-refractivity contribution in [2.24, 2.45) is 0 Å². The van der Waals surface area contributed by atoms with Crippen LogP contribution in [0.4, 0.5) is 4.79 Å². The Morgan fingerprint density at radius 1 is 1.35 bits per heavy atom. The van der Waals surface area contributed by atoms with Gasteiger partial charge < -0.3 is 9.64 Å². The summed E-state index contributed by atoms with van der Waals surface area (Å²) in [5.74, 6) is 0. The minimum Gasteiger partial charge on any atom is -0.444 e. The van der Waals surface area contributed by atoms with Gasteiger partial charge in [0.15, 0.2) is 0 Å². The lowest BCUT2D eigenvalue weighted by Gasteiger charge is -2.30. The Morgan fingerprint density at radius 2 is 2.13 bits per heavy atom. The zero-order valence-electron chi connectivity index (χ0n) is 14.3. The highest BCUT2D eigenvalue weighted by atomic mass is 16.6. The number of hydrogen-bond donors (Lipinski definition) is 0. The van der Waals surface area contributed by atoms with Crippen LogP contribution < -0.4 is 0 Å². The molecule has 0 radical (unpaired) electrons. The van der Waals surface area contributed by atoms with Gasteiger partial charge in [-0.3, -0.25) is 4.98 Å². The molecule has 0 bridgehead atoms. The summed E-state index contributed by atoms with van der Waals surface area (Å²) in [7, 11) is 0. The number of fused-ring (bicyclic) bond motifs is 1. The molecule has 0 fully saturated rings. The first-order chi connectivity index (χ1) is 10.8. The number of hydrogen-bond acceptors (Lipinski definition) is 3. The van der Waals surface area contributed by atoms with Gasteiger partial charge in [0.1, 0.15) is 5.60 Å². The quantitative estimate of drug-likeness (QED) is 0.787. The fourth-order valence-corrected chi connectivity index (χ4v) is 3.02. The number of amides is 1. The number of aryl methyl sites for hydroxylation is 1. The van der Waals surface area contributed by atoms with Gasteiger partial charge >= 0.3 is 6.09 Å². The van der Waals surface area contributed by atoms with Crippen LogP contribution in [-0.2, 0) is 11.2 Å². The maximum Gasteiger partial charge on any atom is 0.410 e. The van der Waals surface area contributed by atoms with Crippen molar-refractivity contribution in [2.75, 3.05) is 13.1 Å². The van der Waals surface area contributed by atoms with E-state index in [1.54, 1.807) is 4.90 Å². The molecule has 1 aliphatic carbocycles. The Morgan fingerprint density at radius 3 is 2.87 bits per heavy atom. The van der Waals surface area contributed by atoms with Gasteiger partial charge in [0.05, 0.1) is 5.69 Å². The summed E-state index contributed by atoms with van der Waals surface area (Å²) in [6.45, 7) is 9.02. The molecular weight excluding hydrogens is 288 g/mol. The van der Waals surface area contributed by atoms with Crippen molar-refractivity contribution in [1.29, 1.82) is 0 Å². The van der Waals surface area contributed by atoms with Crippen molar-refractivity contribution in [3.05, 3.63) is 40.7 Å². The fourth-order valence-electron chi connectivity index (χ4n) is 3.02. The third kappa shape index (κ3) is 3.46. The molecule has 1 amide bonds. The largest absolute Gasteiger partial charge is 0.444 e. The molecule has 0 N–H and O–H groups in total. The summed E-state index contributed by atoms with van der Waals surface area (Å²) in [5.41, 5.74) is 5.22. The van der Waals surface area contributed by atoms with E-state index < -0.39 is 5.60 Å². The maximum absolute atomic E-state index is 12.3. The van der Waals surface area contributed by atoms with Gasteiger partial charge in [-0.2, -0.15) is 0 Å². The Labute approximate surface area is 137 Å². The van der Waals surface area contributed by atoms with Gasteiger partial charge in [-0.05, 0) is 63.8 Å². The standard InChI is InChI=1S/C19H24N2O2/c1-13-16(11-14-7-5-9-17(14)20-13)15-8-6-10-21(12-15)18(22)23-19(2,3)4/h5,8-9,11H,6-7,10,12H2,1-4H3. The molecule has 4 heteroatoms. The van der Waals surface area contributed by atoms with E-state index in [0.717, 1.165) is 29.8 Å². The van der Waals surface area contributed by atoms with E-state index >= 15 is 0 Å². The van der Waals surface area contributed by atoms with Crippen LogP contribution in [0.15, 0.2) is 18.2 Å². The SMILES string of the molecule is Cc1nc2c(cc1C1=CCCN(C(=O)OC(C)(C)C)C1)CC=C2. The van der Waals surface area contributed by atoms with E-state index in [1.165, 1.54) is 11.1 Å². The molecule has 1 aromatic heterocycles. The van der Waals surface area contributed by atoms with E-state index in [-0.39, 0.29) is 6.09 Å². The number of ether oxygens (including phenoxy) is 1. The molecule has 23 heavy (non-hydrogen) atoms. The van der Waals surface area contributed by atoms with Gasteiger partial charge in [-0.1, -0.05) is 12.2 Å². The number of carbonyl (C=O) groups is 1. The van der Waals surface area contributed by atoms with E-state index in [9.17, 15) is 4.79 Å². The molecule has 0 saturated carbocycles. The van der Waals surface area contributed by atoms with Gasteiger partial charge in [0, 0.05) is 24.3 Å². The number of carbonyl (C=O) groups excluding carboxylic acids is 1. The highest BCUT2D eigenvalue weighted by Gasteiger charge is 2.25. The summed E-state index contributed by atoms with van der Waals surface area (Å²) in [4.78, 5) is 18.8. The molecule has 0 unspecified atom stereocenters. The Hall–Kier alpha value is -2.10. The van der Waals surface area contributed by atoms with Gasteiger partial charge in [0.25, 0.3) is 0 Å². The zero-order valence-corrected chi connectivity index (χ0v) is 14.3. The molecule has 0 aromatic carbocycles. The lowest BCUT2D eigenvalue weighted by Crippen LogP contribution is -2.39. The summed E-state index contributed by atoms with van der Waals surface area (Å²) < 4.78 is 5.50. The van der Waals surface area contributed by atoms with Crippen molar-refractivity contribution >= 4 is 17.7 Å². The Balaban J connectivity index is 1.80. The first-order valence-corrected chi connectivity index (χ1v) is 8.18. The number of allylic oxidation sites excluding steroid dienone is 1. The van der Waals surface area contributed by atoms with E-state index in [0.29, 0.717) is 13.1 Å². The van der Waals surface area contributed by atoms with E-state index in [1.807, 2.05) is 27.7 Å². The van der Waals surface area contributed by atoms with Gasteiger partial charge in [-0.25, -0.2) is 4.79 Å². The van der Waals surface area contributed by atoms with Crippen molar-refractivity contribution in [1.82, 2.24) is 9.88 Å².